The van der Waals surface area contributed by atoms with Crippen LogP contribution in [-0.2, 0) is 15.9 Å². The average Bonchev–Trinajstić information content (AvgIpc) is 2.67. The largest absolute Gasteiger partial charge is 0.496 e. The molecule has 0 saturated carbocycles. The Kier molecular flexibility index (Phi) is 7.76. The summed E-state index contributed by atoms with van der Waals surface area (Å²) in [5, 5.41) is 1.64. The van der Waals surface area contributed by atoms with E-state index in [1.54, 1.807) is 28.4 Å². The van der Waals surface area contributed by atoms with Gasteiger partial charge in [0.15, 0.2) is 25.1 Å². The highest BCUT2D eigenvalue weighted by atomic mass is 16.7. The van der Waals surface area contributed by atoms with Gasteiger partial charge in [-0.2, -0.15) is 0 Å². The molecule has 6 nitrogen and oxygen atoms in total. The van der Waals surface area contributed by atoms with Gasteiger partial charge in [0, 0.05) is 25.2 Å². The minimum absolute atomic E-state index is 0.0912. The Hall–Kier alpha value is -2.44. The maximum Gasteiger partial charge on any atom is 0.188 e. The second-order valence-electron chi connectivity index (χ2n) is 6.14. The second kappa shape index (κ2) is 10.0. The third-order valence-corrected chi connectivity index (χ3v) is 4.03. The minimum Gasteiger partial charge on any atom is -0.496 e. The van der Waals surface area contributed by atoms with Gasteiger partial charge in [0.1, 0.15) is 11.5 Å². The van der Waals surface area contributed by atoms with Gasteiger partial charge in [0.05, 0.1) is 19.6 Å². The maximum atomic E-state index is 5.91. The van der Waals surface area contributed by atoms with Crippen LogP contribution in [0.1, 0.15) is 19.4 Å². The highest BCUT2D eigenvalue weighted by Crippen LogP contribution is 2.49. The molecule has 0 amide bonds. The van der Waals surface area contributed by atoms with E-state index in [-0.39, 0.29) is 13.6 Å². The molecule has 0 N–H and O–H groups in total. The van der Waals surface area contributed by atoms with Crippen LogP contribution < -0.4 is 18.9 Å². The number of benzene rings is 2. The molecule has 2 aromatic rings. The van der Waals surface area contributed by atoms with Gasteiger partial charge in [-0.1, -0.05) is 23.8 Å². The number of fused-ring (bicyclic) bond motifs is 1. The van der Waals surface area contributed by atoms with Crippen molar-refractivity contribution < 1.29 is 28.4 Å². The first-order valence-electron chi connectivity index (χ1n) is 8.65. The van der Waals surface area contributed by atoms with E-state index in [0.29, 0.717) is 23.7 Å². The average molecular weight is 376 g/mol. The number of ether oxygens (including phenoxy) is 6. The van der Waals surface area contributed by atoms with Crippen molar-refractivity contribution in [2.45, 2.75) is 20.3 Å². The molecular weight excluding hydrogens is 348 g/mol. The molecular formula is C21H28O6. The maximum absolute atomic E-state index is 5.91. The van der Waals surface area contributed by atoms with Gasteiger partial charge in [-0.15, -0.1) is 0 Å². The van der Waals surface area contributed by atoms with Crippen LogP contribution in [0.2, 0.25) is 0 Å². The molecule has 0 aliphatic carbocycles. The third kappa shape index (κ3) is 4.64. The molecule has 0 radical (unpaired) electrons. The molecule has 2 aromatic carbocycles. The van der Waals surface area contributed by atoms with Crippen molar-refractivity contribution in [3.63, 3.8) is 0 Å². The van der Waals surface area contributed by atoms with Crippen molar-refractivity contribution in [1.29, 1.82) is 0 Å². The molecule has 0 fully saturated rings. The smallest absolute Gasteiger partial charge is 0.188 e. The van der Waals surface area contributed by atoms with Gasteiger partial charge in [-0.05, 0) is 26.3 Å². The fourth-order valence-corrected chi connectivity index (χ4v) is 2.90. The molecule has 0 saturated heterocycles. The summed E-state index contributed by atoms with van der Waals surface area (Å²) in [7, 11) is 6.41. The Bertz CT molecular complexity index is 793. The van der Waals surface area contributed by atoms with Crippen LogP contribution in [0, 0.1) is 0 Å². The molecule has 27 heavy (non-hydrogen) atoms. The molecule has 0 atom stereocenters. The van der Waals surface area contributed by atoms with Crippen molar-refractivity contribution in [1.82, 2.24) is 0 Å². The van der Waals surface area contributed by atoms with Gasteiger partial charge >= 0.3 is 0 Å². The lowest BCUT2D eigenvalue weighted by Crippen LogP contribution is -2.07. The van der Waals surface area contributed by atoms with Crippen molar-refractivity contribution in [2.75, 3.05) is 42.0 Å². The standard InChI is InChI=1S/C21H28O6/c1-14(2)10-11-16-19(24-5)15-8-7-9-17(26-12-22-3)18(15)21(25-6)20(16)27-13-23-4/h7-10H,11-13H2,1-6H3. The fraction of sp³-hybridized carbons (Fsp3) is 0.429. The lowest BCUT2D eigenvalue weighted by Gasteiger charge is -2.21. The molecule has 2 rings (SSSR count). The molecule has 0 bridgehead atoms. The van der Waals surface area contributed by atoms with Gasteiger partial charge in [0.2, 0.25) is 0 Å². The van der Waals surface area contributed by atoms with Crippen molar-refractivity contribution in [3.05, 3.63) is 35.4 Å². The Morgan fingerprint density at radius 2 is 1.52 bits per heavy atom. The van der Waals surface area contributed by atoms with Crippen LogP contribution in [-0.4, -0.2) is 42.0 Å². The van der Waals surface area contributed by atoms with E-state index in [1.165, 1.54) is 5.57 Å². The number of methoxy groups -OCH3 is 4. The number of allylic oxidation sites excluding steroid dienone is 2. The van der Waals surface area contributed by atoms with Crippen LogP contribution in [0.5, 0.6) is 23.0 Å². The Morgan fingerprint density at radius 3 is 2.11 bits per heavy atom. The molecule has 0 heterocycles. The SMILES string of the molecule is COCOc1c(CC=C(C)C)c(OC)c2cccc(OCOC)c2c1OC. The van der Waals surface area contributed by atoms with Crippen molar-refractivity contribution >= 4 is 10.8 Å². The lowest BCUT2D eigenvalue weighted by molar-refractivity contribution is 0.0479. The Morgan fingerprint density at radius 1 is 0.852 bits per heavy atom. The first kappa shape index (κ1) is 20.9. The van der Waals surface area contributed by atoms with Crippen molar-refractivity contribution in [2.24, 2.45) is 0 Å². The zero-order chi connectivity index (χ0) is 19.8. The van der Waals surface area contributed by atoms with Crippen molar-refractivity contribution in [3.8, 4) is 23.0 Å². The van der Waals surface area contributed by atoms with Crippen LogP contribution >= 0.6 is 0 Å². The van der Waals surface area contributed by atoms with Crippen LogP contribution in [0.15, 0.2) is 29.8 Å². The van der Waals surface area contributed by atoms with E-state index >= 15 is 0 Å². The fourth-order valence-electron chi connectivity index (χ4n) is 2.90. The molecule has 0 spiro atoms. The van der Waals surface area contributed by atoms with E-state index in [2.05, 4.69) is 19.9 Å². The lowest BCUT2D eigenvalue weighted by atomic mass is 9.99. The van der Waals surface area contributed by atoms with E-state index < -0.39 is 0 Å². The van der Waals surface area contributed by atoms with Gasteiger partial charge in [-0.25, -0.2) is 0 Å². The second-order valence-corrected chi connectivity index (χ2v) is 6.14. The highest BCUT2D eigenvalue weighted by molar-refractivity contribution is 6.01. The molecule has 6 heteroatoms. The Balaban J connectivity index is 2.83. The molecule has 0 aliphatic rings. The predicted octanol–water partition coefficient (Wildman–Crippen LogP) is 4.33. The summed E-state index contributed by atoms with van der Waals surface area (Å²) in [4.78, 5) is 0. The normalized spacial score (nSPS) is 10.6. The topological polar surface area (TPSA) is 55.4 Å². The summed E-state index contributed by atoms with van der Waals surface area (Å²) >= 11 is 0. The van der Waals surface area contributed by atoms with Crippen LogP contribution in [0.25, 0.3) is 10.8 Å². The molecule has 0 unspecified atom stereocenters. The summed E-state index contributed by atoms with van der Waals surface area (Å²) in [5.41, 5.74) is 2.09. The number of hydrogen-bond donors (Lipinski definition) is 0. The minimum atomic E-state index is 0.0912. The Labute approximate surface area is 160 Å². The zero-order valence-corrected chi connectivity index (χ0v) is 16.9. The quantitative estimate of drug-likeness (QED) is 0.454. The van der Waals surface area contributed by atoms with Gasteiger partial charge in [-0.3, -0.25) is 0 Å². The summed E-state index contributed by atoms with van der Waals surface area (Å²) in [6, 6.07) is 5.75. The molecule has 0 aliphatic heterocycles. The van der Waals surface area contributed by atoms with E-state index in [4.69, 9.17) is 28.4 Å². The molecule has 0 aromatic heterocycles. The first-order valence-corrected chi connectivity index (χ1v) is 8.65. The van der Waals surface area contributed by atoms with E-state index in [1.807, 2.05) is 18.2 Å². The van der Waals surface area contributed by atoms with Gasteiger partial charge < -0.3 is 28.4 Å². The first-order chi connectivity index (χ1) is 13.1. The van der Waals surface area contributed by atoms with E-state index in [9.17, 15) is 0 Å². The monoisotopic (exact) mass is 376 g/mol. The van der Waals surface area contributed by atoms with Gasteiger partial charge in [0.25, 0.3) is 0 Å². The number of rotatable bonds is 10. The van der Waals surface area contributed by atoms with E-state index in [0.717, 1.165) is 22.1 Å². The summed E-state index contributed by atoms with van der Waals surface area (Å²) < 4.78 is 33.4. The summed E-state index contributed by atoms with van der Waals surface area (Å²) in [5.74, 6) is 2.50. The zero-order valence-electron chi connectivity index (χ0n) is 16.9. The predicted molar refractivity (Wildman–Crippen MR) is 105 cm³/mol. The summed E-state index contributed by atoms with van der Waals surface area (Å²) in [6.07, 6.45) is 2.76. The van der Waals surface area contributed by atoms with Crippen LogP contribution in [0.4, 0.5) is 0 Å². The molecule has 148 valence electrons. The summed E-state index contributed by atoms with van der Waals surface area (Å²) in [6.45, 7) is 4.32. The third-order valence-electron chi connectivity index (χ3n) is 4.03. The highest BCUT2D eigenvalue weighted by Gasteiger charge is 2.24. The number of hydrogen-bond acceptors (Lipinski definition) is 6. The van der Waals surface area contributed by atoms with Crippen LogP contribution in [0.3, 0.4) is 0 Å².